The molecule has 3 N–H and O–H groups in total. The smallest absolute Gasteiger partial charge is 0.244 e. The molecular weight excluding hydrogens is 307 g/mol. The Morgan fingerprint density at radius 3 is 2.65 bits per heavy atom. The lowest BCUT2D eigenvalue weighted by molar-refractivity contribution is -0.118. The maximum absolute atomic E-state index is 11.7. The van der Waals surface area contributed by atoms with E-state index >= 15 is 0 Å². The minimum Gasteiger partial charge on any atom is -0.496 e. The summed E-state index contributed by atoms with van der Waals surface area (Å²) in [6.07, 6.45) is 1.52. The Bertz CT molecular complexity index is 435. The van der Waals surface area contributed by atoms with E-state index in [1.54, 1.807) is 25.3 Å². The van der Waals surface area contributed by atoms with Crippen LogP contribution in [0.2, 0.25) is 0 Å². The predicted octanol–water partition coefficient (Wildman–Crippen LogP) is 2.31. The molecule has 1 aliphatic carbocycles. The van der Waals surface area contributed by atoms with E-state index in [1.807, 2.05) is 0 Å². The fourth-order valence-corrected chi connectivity index (χ4v) is 1.90. The van der Waals surface area contributed by atoms with Gasteiger partial charge in [-0.25, -0.2) is 0 Å². The Morgan fingerprint density at radius 2 is 2.18 bits per heavy atom. The number of hydrogen-bond donors (Lipinski definition) is 2. The number of ether oxygens (including phenoxy) is 1. The second-order valence-electron chi connectivity index (χ2n) is 3.96. The van der Waals surface area contributed by atoms with Crippen molar-refractivity contribution in [1.29, 1.82) is 0 Å². The summed E-state index contributed by atoms with van der Waals surface area (Å²) in [7, 11) is 1.59. The highest BCUT2D eigenvalue weighted by Crippen LogP contribution is 2.34. The van der Waals surface area contributed by atoms with Gasteiger partial charge < -0.3 is 15.8 Å². The third-order valence-corrected chi connectivity index (χ3v) is 3.27. The molecule has 1 aromatic rings. The van der Waals surface area contributed by atoms with Crippen molar-refractivity contribution in [3.63, 3.8) is 0 Å². The summed E-state index contributed by atoms with van der Waals surface area (Å²) in [5.74, 6) is 0.608. The van der Waals surface area contributed by atoms with E-state index in [4.69, 9.17) is 10.5 Å². The molecule has 1 saturated carbocycles. The van der Waals surface area contributed by atoms with Gasteiger partial charge >= 0.3 is 0 Å². The normalized spacial score (nSPS) is 15.7. The van der Waals surface area contributed by atoms with Gasteiger partial charge in [-0.3, -0.25) is 4.79 Å². The van der Waals surface area contributed by atoms with Crippen LogP contribution in [0.5, 0.6) is 5.75 Å². The minimum absolute atomic E-state index is 0. The van der Waals surface area contributed by atoms with Crippen LogP contribution in [0.1, 0.15) is 12.8 Å². The van der Waals surface area contributed by atoms with E-state index in [-0.39, 0.29) is 18.3 Å². The number of methoxy groups -OCH3 is 1. The Hall–Kier alpha value is -0.780. The van der Waals surface area contributed by atoms with E-state index in [2.05, 4.69) is 21.2 Å². The van der Waals surface area contributed by atoms with Gasteiger partial charge in [0.25, 0.3) is 0 Å². The largest absolute Gasteiger partial charge is 0.496 e. The Balaban J connectivity index is 0.00000144. The number of amides is 1. The molecule has 0 unspecified atom stereocenters. The van der Waals surface area contributed by atoms with E-state index in [0.29, 0.717) is 0 Å². The quantitative estimate of drug-likeness (QED) is 0.898. The molecular formula is C11H14BrClN2O2. The van der Waals surface area contributed by atoms with E-state index in [9.17, 15) is 4.79 Å². The van der Waals surface area contributed by atoms with Crippen molar-refractivity contribution < 1.29 is 9.53 Å². The van der Waals surface area contributed by atoms with Crippen molar-refractivity contribution in [1.82, 2.24) is 0 Å². The summed E-state index contributed by atoms with van der Waals surface area (Å²) in [5, 5.41) is 2.79. The molecule has 2 rings (SSSR count). The molecule has 4 nitrogen and oxygen atoms in total. The third kappa shape index (κ3) is 3.12. The zero-order chi connectivity index (χ0) is 11.8. The summed E-state index contributed by atoms with van der Waals surface area (Å²) in [6.45, 7) is 0. The average Bonchev–Trinajstić information content (AvgIpc) is 2.98. The van der Waals surface area contributed by atoms with Crippen LogP contribution in [0.15, 0.2) is 22.7 Å². The van der Waals surface area contributed by atoms with Crippen LogP contribution < -0.4 is 15.8 Å². The first-order chi connectivity index (χ1) is 7.55. The molecule has 0 aromatic heterocycles. The number of nitrogens with one attached hydrogen (secondary N) is 1. The van der Waals surface area contributed by atoms with Crippen molar-refractivity contribution in [3.8, 4) is 5.75 Å². The molecule has 1 fully saturated rings. The van der Waals surface area contributed by atoms with Gasteiger partial charge in [-0.05, 0) is 47.0 Å². The number of carbonyl (C=O) groups excluding carboxylic acids is 1. The van der Waals surface area contributed by atoms with Crippen molar-refractivity contribution in [2.45, 2.75) is 18.4 Å². The lowest BCUT2D eigenvalue weighted by Gasteiger charge is -2.11. The molecule has 0 saturated heterocycles. The molecule has 0 bridgehead atoms. The summed E-state index contributed by atoms with van der Waals surface area (Å²) in [6, 6.07) is 5.37. The monoisotopic (exact) mass is 320 g/mol. The molecule has 0 heterocycles. The maximum atomic E-state index is 11.7. The van der Waals surface area contributed by atoms with Crippen molar-refractivity contribution in [2.75, 3.05) is 12.4 Å². The highest BCUT2D eigenvalue weighted by atomic mass is 79.9. The first kappa shape index (κ1) is 14.3. The number of carbonyl (C=O) groups is 1. The Morgan fingerprint density at radius 1 is 1.53 bits per heavy atom. The second-order valence-corrected chi connectivity index (χ2v) is 4.81. The summed E-state index contributed by atoms with van der Waals surface area (Å²) in [5.41, 5.74) is 5.85. The summed E-state index contributed by atoms with van der Waals surface area (Å²) in [4.78, 5) is 11.7. The van der Waals surface area contributed by atoms with E-state index in [0.717, 1.165) is 28.8 Å². The topological polar surface area (TPSA) is 64.3 Å². The minimum atomic E-state index is -0.646. The number of rotatable bonds is 3. The van der Waals surface area contributed by atoms with Crippen LogP contribution >= 0.6 is 28.3 Å². The van der Waals surface area contributed by atoms with Crippen molar-refractivity contribution in [2.24, 2.45) is 5.73 Å². The number of halogens is 2. The number of anilines is 1. The van der Waals surface area contributed by atoms with Crippen LogP contribution in [-0.4, -0.2) is 18.6 Å². The highest BCUT2D eigenvalue weighted by Gasteiger charge is 2.45. The lowest BCUT2D eigenvalue weighted by atomic mass is 10.2. The van der Waals surface area contributed by atoms with Gasteiger partial charge in [0.1, 0.15) is 5.75 Å². The zero-order valence-electron chi connectivity index (χ0n) is 9.33. The van der Waals surface area contributed by atoms with Gasteiger partial charge in [0.15, 0.2) is 0 Å². The van der Waals surface area contributed by atoms with Gasteiger partial charge in [0.05, 0.1) is 17.1 Å². The predicted molar refractivity (Wildman–Crippen MR) is 72.7 cm³/mol. The van der Waals surface area contributed by atoms with Gasteiger partial charge in [-0.1, -0.05) is 0 Å². The fourth-order valence-electron chi connectivity index (χ4n) is 1.36. The van der Waals surface area contributed by atoms with Gasteiger partial charge in [0.2, 0.25) is 5.91 Å². The fraction of sp³-hybridized carbons (Fsp3) is 0.364. The Labute approximate surface area is 114 Å². The molecule has 94 valence electrons. The first-order valence-electron chi connectivity index (χ1n) is 4.99. The lowest BCUT2D eigenvalue weighted by Crippen LogP contribution is -2.37. The maximum Gasteiger partial charge on any atom is 0.244 e. The molecule has 0 radical (unpaired) electrons. The van der Waals surface area contributed by atoms with Crippen molar-refractivity contribution >= 4 is 39.9 Å². The number of nitrogens with two attached hydrogens (primary N) is 1. The first-order valence-corrected chi connectivity index (χ1v) is 5.78. The molecule has 17 heavy (non-hydrogen) atoms. The van der Waals surface area contributed by atoms with E-state index in [1.165, 1.54) is 0 Å². The van der Waals surface area contributed by atoms with Crippen LogP contribution in [0.3, 0.4) is 0 Å². The van der Waals surface area contributed by atoms with Crippen LogP contribution in [0.4, 0.5) is 5.69 Å². The molecule has 1 aromatic carbocycles. The van der Waals surface area contributed by atoms with Gasteiger partial charge in [-0.2, -0.15) is 0 Å². The molecule has 0 atom stereocenters. The second kappa shape index (κ2) is 5.25. The highest BCUT2D eigenvalue weighted by molar-refractivity contribution is 9.10. The number of benzene rings is 1. The standard InChI is InChI=1S/C11H13BrN2O2.ClH/c1-16-9-3-2-7(6-8(9)12)14-10(15)11(13)4-5-11;/h2-3,6H,4-5,13H2,1H3,(H,14,15);1H. The summed E-state index contributed by atoms with van der Waals surface area (Å²) < 4.78 is 5.90. The van der Waals surface area contributed by atoms with Gasteiger partial charge in [-0.15, -0.1) is 12.4 Å². The molecule has 6 heteroatoms. The van der Waals surface area contributed by atoms with Crippen LogP contribution in [-0.2, 0) is 4.79 Å². The van der Waals surface area contributed by atoms with E-state index < -0.39 is 5.54 Å². The molecule has 1 aliphatic rings. The number of hydrogen-bond acceptors (Lipinski definition) is 3. The van der Waals surface area contributed by atoms with Crippen LogP contribution in [0, 0.1) is 0 Å². The SMILES string of the molecule is COc1ccc(NC(=O)C2(N)CC2)cc1Br.Cl. The Kier molecular flexibility index (Phi) is 4.41. The summed E-state index contributed by atoms with van der Waals surface area (Å²) >= 11 is 3.36. The van der Waals surface area contributed by atoms with Crippen molar-refractivity contribution in [3.05, 3.63) is 22.7 Å². The zero-order valence-corrected chi connectivity index (χ0v) is 11.7. The molecule has 1 amide bonds. The van der Waals surface area contributed by atoms with Crippen LogP contribution in [0.25, 0.3) is 0 Å². The average molecular weight is 322 g/mol. The third-order valence-electron chi connectivity index (χ3n) is 2.65. The molecule has 0 spiro atoms. The van der Waals surface area contributed by atoms with Gasteiger partial charge in [0, 0.05) is 5.69 Å². The molecule has 0 aliphatic heterocycles.